The van der Waals surface area contributed by atoms with E-state index in [-0.39, 0.29) is 0 Å². The first-order chi connectivity index (χ1) is 14.2. The van der Waals surface area contributed by atoms with E-state index in [1.165, 1.54) is 0 Å². The second-order valence-electron chi connectivity index (χ2n) is 6.48. The quantitative estimate of drug-likeness (QED) is 0.423. The van der Waals surface area contributed by atoms with E-state index in [0.717, 1.165) is 39.3 Å². The van der Waals surface area contributed by atoms with Gasteiger partial charge in [-0.15, -0.1) is 0 Å². The van der Waals surface area contributed by atoms with Crippen molar-refractivity contribution in [2.75, 3.05) is 7.11 Å². The Morgan fingerprint density at radius 1 is 0.862 bits per heavy atom. The third kappa shape index (κ3) is 3.34. The predicted octanol–water partition coefficient (Wildman–Crippen LogP) is 5.61. The zero-order chi connectivity index (χ0) is 19.8. The summed E-state index contributed by atoms with van der Waals surface area (Å²) in [5.41, 5.74) is 4.45. The fraction of sp³-hybridized carbons (Fsp3) is 0.0455. The van der Waals surface area contributed by atoms with Gasteiger partial charge in [0, 0.05) is 27.8 Å². The fourth-order valence-electron chi connectivity index (χ4n) is 3.08. The molecule has 0 aliphatic carbocycles. The smallest absolute Gasteiger partial charge is 0.258 e. The highest BCUT2D eigenvalue weighted by Gasteiger charge is 2.12. The molecule has 5 rings (SSSR count). The van der Waals surface area contributed by atoms with Gasteiger partial charge in [0.1, 0.15) is 11.6 Å². The summed E-state index contributed by atoms with van der Waals surface area (Å²) in [5.74, 6) is 2.54. The molecule has 0 bridgehead atoms. The molecule has 0 saturated carbocycles. The average Bonchev–Trinajstić information content (AvgIpc) is 3.41. The van der Waals surface area contributed by atoms with Crippen LogP contribution in [0.3, 0.4) is 0 Å². The number of aromatic amines is 1. The molecule has 0 aliphatic rings. The normalized spacial score (nSPS) is 11.1. The van der Waals surface area contributed by atoms with E-state index >= 15 is 0 Å². The fourth-order valence-corrected chi connectivity index (χ4v) is 3.20. The highest BCUT2D eigenvalue weighted by atomic mass is 35.5. The summed E-state index contributed by atoms with van der Waals surface area (Å²) in [4.78, 5) is 12.5. The van der Waals surface area contributed by atoms with Gasteiger partial charge in [-0.05, 0) is 36.4 Å². The van der Waals surface area contributed by atoms with Gasteiger partial charge in [-0.1, -0.05) is 41.0 Å². The van der Waals surface area contributed by atoms with Crippen LogP contribution in [0.25, 0.3) is 45.3 Å². The van der Waals surface area contributed by atoms with Crippen LogP contribution in [-0.4, -0.2) is 27.2 Å². The van der Waals surface area contributed by atoms with Crippen molar-refractivity contribution in [3.8, 4) is 40.0 Å². The minimum absolute atomic E-state index is 0.451. The molecule has 5 aromatic rings. The lowest BCUT2D eigenvalue weighted by molar-refractivity contribution is 0.415. The van der Waals surface area contributed by atoms with Crippen LogP contribution in [0.1, 0.15) is 0 Å². The van der Waals surface area contributed by atoms with Crippen molar-refractivity contribution in [1.29, 1.82) is 0 Å². The lowest BCUT2D eigenvalue weighted by Crippen LogP contribution is -1.84. The van der Waals surface area contributed by atoms with Gasteiger partial charge in [0.2, 0.25) is 5.82 Å². The molecule has 0 aliphatic heterocycles. The molecule has 0 unspecified atom stereocenters. The van der Waals surface area contributed by atoms with Crippen LogP contribution >= 0.6 is 11.6 Å². The Bertz CT molecular complexity index is 1290. The van der Waals surface area contributed by atoms with Gasteiger partial charge in [0.15, 0.2) is 0 Å². The van der Waals surface area contributed by atoms with Gasteiger partial charge in [0.05, 0.1) is 18.1 Å². The van der Waals surface area contributed by atoms with Gasteiger partial charge in [0.25, 0.3) is 5.89 Å². The Kier molecular flexibility index (Phi) is 4.26. The number of fused-ring (bicyclic) bond motifs is 1. The Morgan fingerprint density at radius 3 is 2.34 bits per heavy atom. The van der Waals surface area contributed by atoms with Crippen molar-refractivity contribution in [3.63, 3.8) is 0 Å². The second kappa shape index (κ2) is 7.07. The Morgan fingerprint density at radius 2 is 1.59 bits per heavy atom. The van der Waals surface area contributed by atoms with Crippen LogP contribution in [-0.2, 0) is 0 Å². The average molecular weight is 403 g/mol. The SMILES string of the molecule is COc1ccc2[nH]c(-c3ccc(-c4noc(-c5ccc(Cl)cc5)n4)cc3)nc2c1. The molecule has 2 heterocycles. The van der Waals surface area contributed by atoms with E-state index in [0.29, 0.717) is 16.7 Å². The maximum absolute atomic E-state index is 5.93. The largest absolute Gasteiger partial charge is 0.497 e. The number of nitrogens with one attached hydrogen (secondary N) is 1. The van der Waals surface area contributed by atoms with Gasteiger partial charge in [-0.2, -0.15) is 4.98 Å². The van der Waals surface area contributed by atoms with E-state index in [9.17, 15) is 0 Å². The predicted molar refractivity (Wildman–Crippen MR) is 112 cm³/mol. The molecule has 0 atom stereocenters. The Balaban J connectivity index is 1.42. The minimum atomic E-state index is 0.451. The molecule has 0 spiro atoms. The second-order valence-corrected chi connectivity index (χ2v) is 6.91. The monoisotopic (exact) mass is 402 g/mol. The third-order valence-electron chi connectivity index (χ3n) is 4.62. The van der Waals surface area contributed by atoms with Crippen molar-refractivity contribution >= 4 is 22.6 Å². The Labute approximate surface area is 171 Å². The summed E-state index contributed by atoms with van der Waals surface area (Å²) < 4.78 is 10.6. The number of rotatable bonds is 4. The number of hydrogen-bond donors (Lipinski definition) is 1. The number of halogens is 1. The number of H-pyrrole nitrogens is 1. The lowest BCUT2D eigenvalue weighted by Gasteiger charge is -1.98. The van der Waals surface area contributed by atoms with E-state index in [1.54, 1.807) is 19.2 Å². The summed E-state index contributed by atoms with van der Waals surface area (Å²) in [6, 6.07) is 20.9. The van der Waals surface area contributed by atoms with E-state index in [1.807, 2.05) is 54.6 Å². The van der Waals surface area contributed by atoms with Crippen molar-refractivity contribution < 1.29 is 9.26 Å². The van der Waals surface area contributed by atoms with Crippen molar-refractivity contribution in [3.05, 3.63) is 71.8 Å². The van der Waals surface area contributed by atoms with Crippen LogP contribution in [0.15, 0.2) is 71.3 Å². The van der Waals surface area contributed by atoms with E-state index in [2.05, 4.69) is 20.1 Å². The maximum Gasteiger partial charge on any atom is 0.258 e. The molecule has 7 heteroatoms. The standard InChI is InChI=1S/C22H15ClN4O2/c1-28-17-10-11-18-19(12-17)25-20(24-18)13-2-4-14(5-3-13)21-26-22(29-27-21)15-6-8-16(23)9-7-15/h2-12H,1H3,(H,24,25). The number of nitrogens with zero attached hydrogens (tertiary/aromatic N) is 3. The molecule has 1 N–H and O–H groups in total. The first-order valence-electron chi connectivity index (χ1n) is 8.94. The molecule has 142 valence electrons. The van der Waals surface area contributed by atoms with Crippen molar-refractivity contribution in [2.45, 2.75) is 0 Å². The van der Waals surface area contributed by atoms with Crippen LogP contribution in [0.2, 0.25) is 5.02 Å². The number of hydrogen-bond acceptors (Lipinski definition) is 5. The van der Waals surface area contributed by atoms with Gasteiger partial charge >= 0.3 is 0 Å². The third-order valence-corrected chi connectivity index (χ3v) is 4.88. The van der Waals surface area contributed by atoms with E-state index in [4.69, 9.17) is 20.9 Å². The first kappa shape index (κ1) is 17.5. The van der Waals surface area contributed by atoms with Gasteiger partial charge < -0.3 is 14.2 Å². The summed E-state index contributed by atoms with van der Waals surface area (Å²) in [6.45, 7) is 0. The Hall–Kier alpha value is -3.64. The molecule has 3 aromatic carbocycles. The molecular formula is C22H15ClN4O2. The van der Waals surface area contributed by atoms with Crippen molar-refractivity contribution in [2.24, 2.45) is 0 Å². The molecule has 0 amide bonds. The molecule has 0 saturated heterocycles. The minimum Gasteiger partial charge on any atom is -0.497 e. The summed E-state index contributed by atoms with van der Waals surface area (Å²) in [6.07, 6.45) is 0. The van der Waals surface area contributed by atoms with E-state index < -0.39 is 0 Å². The molecular weight excluding hydrogens is 388 g/mol. The summed E-state index contributed by atoms with van der Waals surface area (Å²) in [5, 5.41) is 4.75. The molecule has 0 fully saturated rings. The number of ether oxygens (including phenoxy) is 1. The number of imidazole rings is 1. The van der Waals surface area contributed by atoms with Crippen LogP contribution in [0.4, 0.5) is 0 Å². The number of methoxy groups -OCH3 is 1. The van der Waals surface area contributed by atoms with Gasteiger partial charge in [-0.3, -0.25) is 0 Å². The zero-order valence-electron chi connectivity index (χ0n) is 15.4. The summed E-state index contributed by atoms with van der Waals surface area (Å²) in [7, 11) is 1.64. The summed E-state index contributed by atoms with van der Waals surface area (Å²) >= 11 is 5.93. The van der Waals surface area contributed by atoms with Gasteiger partial charge in [-0.25, -0.2) is 4.98 Å². The molecule has 29 heavy (non-hydrogen) atoms. The van der Waals surface area contributed by atoms with Crippen LogP contribution in [0, 0.1) is 0 Å². The van der Waals surface area contributed by atoms with Crippen LogP contribution < -0.4 is 4.74 Å². The molecule has 0 radical (unpaired) electrons. The highest BCUT2D eigenvalue weighted by Crippen LogP contribution is 2.27. The lowest BCUT2D eigenvalue weighted by atomic mass is 10.1. The highest BCUT2D eigenvalue weighted by molar-refractivity contribution is 6.30. The number of aromatic nitrogens is 4. The molecule has 6 nitrogen and oxygen atoms in total. The number of benzene rings is 3. The zero-order valence-corrected chi connectivity index (χ0v) is 16.1. The maximum atomic E-state index is 5.93. The topological polar surface area (TPSA) is 76.8 Å². The first-order valence-corrected chi connectivity index (χ1v) is 9.31. The van der Waals surface area contributed by atoms with Crippen molar-refractivity contribution in [1.82, 2.24) is 20.1 Å². The molecule has 2 aromatic heterocycles. The van der Waals surface area contributed by atoms with Crippen LogP contribution in [0.5, 0.6) is 5.75 Å².